The van der Waals surface area contributed by atoms with Gasteiger partial charge in [-0.3, -0.25) is 23.7 Å². The monoisotopic (exact) mass is 576 g/mol. The highest BCUT2D eigenvalue weighted by molar-refractivity contribution is 5.98. The SMILES string of the molecule is C=CCc1cc(Oc2ccc(C(C)(C)C)c(CC=C)c2)ccc1-n1c(=O)c2cc3c(=O)n(C(C)(C)C)c(=O)c3cc2c1=O. The largest absolute Gasteiger partial charge is 0.457 e. The van der Waals surface area contributed by atoms with Crippen molar-refractivity contribution >= 4 is 21.5 Å². The van der Waals surface area contributed by atoms with Crippen molar-refractivity contribution < 1.29 is 4.74 Å². The molecule has 0 bridgehead atoms. The van der Waals surface area contributed by atoms with Crippen molar-refractivity contribution in [1.29, 1.82) is 0 Å². The van der Waals surface area contributed by atoms with E-state index >= 15 is 0 Å². The number of rotatable bonds is 7. The molecule has 0 N–H and O–H groups in total. The van der Waals surface area contributed by atoms with E-state index in [1.54, 1.807) is 45.0 Å². The summed E-state index contributed by atoms with van der Waals surface area (Å²) in [6, 6.07) is 13.9. The van der Waals surface area contributed by atoms with Gasteiger partial charge >= 0.3 is 0 Å². The first-order chi connectivity index (χ1) is 20.2. The third-order valence-corrected chi connectivity index (χ3v) is 7.70. The average molecular weight is 577 g/mol. The summed E-state index contributed by atoms with van der Waals surface area (Å²) < 4.78 is 8.49. The summed E-state index contributed by atoms with van der Waals surface area (Å²) in [6.07, 6.45) is 4.64. The molecule has 0 aliphatic carbocycles. The predicted octanol–water partition coefficient (Wildman–Crippen LogP) is 6.20. The highest BCUT2D eigenvalue weighted by Gasteiger charge is 2.26. The van der Waals surface area contributed by atoms with E-state index in [2.05, 4.69) is 40.0 Å². The van der Waals surface area contributed by atoms with Crippen LogP contribution in [0.25, 0.3) is 27.2 Å². The van der Waals surface area contributed by atoms with Crippen LogP contribution in [0.2, 0.25) is 0 Å². The molecule has 0 saturated carbocycles. The number of allylic oxidation sites excluding steroid dienone is 2. The molecule has 0 aliphatic rings. The Morgan fingerprint density at radius 2 is 1.12 bits per heavy atom. The van der Waals surface area contributed by atoms with Crippen LogP contribution in [0.15, 0.2) is 93.0 Å². The van der Waals surface area contributed by atoms with Gasteiger partial charge in [-0.05, 0) is 98.2 Å². The van der Waals surface area contributed by atoms with Crippen molar-refractivity contribution in [3.8, 4) is 17.2 Å². The van der Waals surface area contributed by atoms with Crippen molar-refractivity contribution in [2.75, 3.05) is 0 Å². The van der Waals surface area contributed by atoms with Crippen LogP contribution in [0.5, 0.6) is 11.5 Å². The second-order valence-electron chi connectivity index (χ2n) is 13.0. The van der Waals surface area contributed by atoms with Crippen LogP contribution in [0.4, 0.5) is 0 Å². The summed E-state index contributed by atoms with van der Waals surface area (Å²) in [5.41, 5.74) is 0.561. The van der Waals surface area contributed by atoms with Crippen LogP contribution in [0.3, 0.4) is 0 Å². The second kappa shape index (κ2) is 10.5. The summed E-state index contributed by atoms with van der Waals surface area (Å²) in [7, 11) is 0. The molecule has 0 amide bonds. The van der Waals surface area contributed by atoms with Crippen LogP contribution in [0.1, 0.15) is 58.2 Å². The summed E-state index contributed by atoms with van der Waals surface area (Å²) in [6.45, 7) is 19.5. The van der Waals surface area contributed by atoms with Gasteiger partial charge in [-0.15, -0.1) is 13.2 Å². The molecule has 0 saturated heterocycles. The first kappa shape index (κ1) is 29.7. The van der Waals surface area contributed by atoms with Gasteiger partial charge in [-0.1, -0.05) is 39.0 Å². The quantitative estimate of drug-likeness (QED) is 0.215. The molecular formula is C36H36N2O5. The van der Waals surface area contributed by atoms with Gasteiger partial charge in [0, 0.05) is 5.54 Å². The average Bonchev–Trinajstić information content (AvgIpc) is 3.31. The Balaban J connectivity index is 1.62. The van der Waals surface area contributed by atoms with Gasteiger partial charge < -0.3 is 4.74 Å². The van der Waals surface area contributed by atoms with Gasteiger partial charge in [-0.2, -0.15) is 0 Å². The van der Waals surface area contributed by atoms with Crippen LogP contribution in [-0.4, -0.2) is 9.13 Å². The first-order valence-electron chi connectivity index (χ1n) is 14.3. The standard InChI is InChI=1S/C36H36N2O5/c1-9-11-21-17-23(13-15-29(21)35(3,4)5)43-24-14-16-30(22(18-24)12-10-2)37-31(39)25-19-27-28(20-26(25)32(37)40)34(42)38(33(27)41)36(6,7)8/h9-10,13-20H,1-2,11-12H2,3-8H3. The summed E-state index contributed by atoms with van der Waals surface area (Å²) in [5.74, 6) is 1.21. The molecule has 7 nitrogen and oxygen atoms in total. The minimum absolute atomic E-state index is 0.0330. The third kappa shape index (κ3) is 5.09. The van der Waals surface area contributed by atoms with E-state index in [-0.39, 0.29) is 27.0 Å². The maximum Gasteiger partial charge on any atom is 0.266 e. The maximum absolute atomic E-state index is 13.6. The molecule has 0 aliphatic heterocycles. The van der Waals surface area contributed by atoms with E-state index in [0.717, 1.165) is 14.7 Å². The highest BCUT2D eigenvalue weighted by Crippen LogP contribution is 2.32. The minimum atomic E-state index is -0.747. The maximum atomic E-state index is 13.6. The molecule has 0 fully saturated rings. The molecule has 2 heterocycles. The lowest BCUT2D eigenvalue weighted by Gasteiger charge is -2.23. The molecule has 7 heteroatoms. The molecule has 2 aromatic heterocycles. The van der Waals surface area contributed by atoms with E-state index in [1.165, 1.54) is 17.7 Å². The molecule has 5 aromatic rings. The van der Waals surface area contributed by atoms with Gasteiger partial charge in [0.2, 0.25) is 0 Å². The van der Waals surface area contributed by atoms with Gasteiger partial charge in [0.25, 0.3) is 22.2 Å². The molecule has 5 rings (SSSR count). The third-order valence-electron chi connectivity index (χ3n) is 7.70. The van der Waals surface area contributed by atoms with Crippen LogP contribution in [-0.2, 0) is 23.8 Å². The lowest BCUT2D eigenvalue weighted by atomic mass is 9.83. The Morgan fingerprint density at radius 3 is 1.60 bits per heavy atom. The topological polar surface area (TPSA) is 87.4 Å². The zero-order valence-electron chi connectivity index (χ0n) is 25.5. The van der Waals surface area contributed by atoms with Crippen molar-refractivity contribution in [1.82, 2.24) is 9.13 Å². The molecule has 0 atom stereocenters. The highest BCUT2D eigenvalue weighted by atomic mass is 16.5. The van der Waals surface area contributed by atoms with E-state index in [0.29, 0.717) is 35.6 Å². The number of benzene rings is 3. The molecule has 43 heavy (non-hydrogen) atoms. The summed E-state index contributed by atoms with van der Waals surface area (Å²) in [5, 5.41) is 0.452. The second-order valence-corrected chi connectivity index (χ2v) is 13.0. The zero-order chi connectivity index (χ0) is 31.4. The molecule has 0 unspecified atom stereocenters. The lowest BCUT2D eigenvalue weighted by Crippen LogP contribution is -2.38. The predicted molar refractivity (Wildman–Crippen MR) is 174 cm³/mol. The number of hydrogen-bond donors (Lipinski definition) is 0. The Kier molecular flexibility index (Phi) is 7.25. The molecular weight excluding hydrogens is 540 g/mol. The fourth-order valence-corrected chi connectivity index (χ4v) is 5.79. The smallest absolute Gasteiger partial charge is 0.266 e. The number of aromatic nitrogens is 2. The normalized spacial score (nSPS) is 12.2. The van der Waals surface area contributed by atoms with Crippen LogP contribution >= 0.6 is 0 Å². The van der Waals surface area contributed by atoms with Crippen molar-refractivity contribution in [3.63, 3.8) is 0 Å². The van der Waals surface area contributed by atoms with Crippen LogP contribution < -0.4 is 27.0 Å². The zero-order valence-corrected chi connectivity index (χ0v) is 25.5. The Labute approximate surface area is 249 Å². The van der Waals surface area contributed by atoms with Crippen molar-refractivity contribution in [2.24, 2.45) is 0 Å². The molecule has 3 aromatic carbocycles. The summed E-state index contributed by atoms with van der Waals surface area (Å²) in [4.78, 5) is 53.5. The number of hydrogen-bond acceptors (Lipinski definition) is 5. The lowest BCUT2D eigenvalue weighted by molar-refractivity contribution is 0.380. The number of ether oxygens (including phenoxy) is 1. The van der Waals surface area contributed by atoms with Crippen LogP contribution in [0, 0.1) is 0 Å². The Morgan fingerprint density at radius 1 is 0.651 bits per heavy atom. The molecule has 0 radical (unpaired) electrons. The molecule has 220 valence electrons. The van der Waals surface area contributed by atoms with Gasteiger partial charge in [0.1, 0.15) is 11.5 Å². The van der Waals surface area contributed by atoms with E-state index in [9.17, 15) is 19.2 Å². The minimum Gasteiger partial charge on any atom is -0.457 e. The number of nitrogens with zero attached hydrogens (tertiary/aromatic N) is 2. The van der Waals surface area contributed by atoms with Gasteiger partial charge in [0.15, 0.2) is 0 Å². The van der Waals surface area contributed by atoms with E-state index in [1.807, 2.05) is 18.2 Å². The van der Waals surface area contributed by atoms with E-state index in [4.69, 9.17) is 4.74 Å². The van der Waals surface area contributed by atoms with Gasteiger partial charge in [0.05, 0.1) is 27.2 Å². The fraction of sp³-hybridized carbons (Fsp3) is 0.278. The van der Waals surface area contributed by atoms with Gasteiger partial charge in [-0.25, -0.2) is 4.57 Å². The van der Waals surface area contributed by atoms with Crippen molar-refractivity contribution in [3.05, 3.63) is 132 Å². The Hall–Kier alpha value is -4.78. The summed E-state index contributed by atoms with van der Waals surface area (Å²) >= 11 is 0. The fourth-order valence-electron chi connectivity index (χ4n) is 5.79. The Bertz CT molecular complexity index is 2060. The first-order valence-corrected chi connectivity index (χ1v) is 14.3. The van der Waals surface area contributed by atoms with Crippen molar-refractivity contribution in [2.45, 2.75) is 65.3 Å². The number of fused-ring (bicyclic) bond motifs is 2. The van der Waals surface area contributed by atoms with E-state index < -0.39 is 27.8 Å². The molecule has 0 spiro atoms.